The maximum Gasteiger partial charge on any atom is 0.337 e. The van der Waals surface area contributed by atoms with Crippen LogP contribution in [0.4, 0.5) is 5.69 Å². The number of carbonyl (C=O) groups is 3. The molecule has 1 aromatic carbocycles. The van der Waals surface area contributed by atoms with Crippen LogP contribution < -0.4 is 5.32 Å². The molecule has 0 spiro atoms. The van der Waals surface area contributed by atoms with Gasteiger partial charge in [0.15, 0.2) is 0 Å². The van der Waals surface area contributed by atoms with Crippen molar-refractivity contribution in [1.29, 1.82) is 0 Å². The summed E-state index contributed by atoms with van der Waals surface area (Å²) in [7, 11) is 1.28. The van der Waals surface area contributed by atoms with Gasteiger partial charge in [-0.1, -0.05) is 24.9 Å². The van der Waals surface area contributed by atoms with E-state index in [1.807, 2.05) is 0 Å². The van der Waals surface area contributed by atoms with Crippen LogP contribution in [0.2, 0.25) is 5.02 Å². The van der Waals surface area contributed by atoms with E-state index in [-0.39, 0.29) is 18.2 Å². The Labute approximate surface area is 146 Å². The molecule has 0 bridgehead atoms. The largest absolute Gasteiger partial charge is 0.465 e. The van der Waals surface area contributed by atoms with Gasteiger partial charge in [-0.15, -0.1) is 0 Å². The van der Waals surface area contributed by atoms with E-state index in [2.05, 4.69) is 17.0 Å². The van der Waals surface area contributed by atoms with E-state index < -0.39 is 11.9 Å². The summed E-state index contributed by atoms with van der Waals surface area (Å²) in [5.41, 5.74) is 0.633. The fourth-order valence-corrected chi connectivity index (χ4v) is 2.78. The van der Waals surface area contributed by atoms with Crippen LogP contribution in [0, 0.1) is 5.92 Å². The lowest BCUT2D eigenvalue weighted by Crippen LogP contribution is -2.29. The highest BCUT2D eigenvalue weighted by Gasteiger charge is 2.34. The van der Waals surface area contributed by atoms with Crippen LogP contribution in [0.5, 0.6) is 0 Å². The molecule has 130 valence electrons. The van der Waals surface area contributed by atoms with E-state index in [0.29, 0.717) is 29.4 Å². The van der Waals surface area contributed by atoms with Gasteiger partial charge in [-0.25, -0.2) is 4.79 Å². The first kappa shape index (κ1) is 18.3. The molecule has 0 radical (unpaired) electrons. The Balaban J connectivity index is 2.05. The number of ether oxygens (including phenoxy) is 1. The zero-order valence-corrected chi connectivity index (χ0v) is 14.6. The quantitative estimate of drug-likeness (QED) is 0.799. The number of esters is 1. The van der Waals surface area contributed by atoms with Crippen molar-refractivity contribution in [3.05, 3.63) is 28.8 Å². The summed E-state index contributed by atoms with van der Waals surface area (Å²) >= 11 is 6.08. The molecule has 0 saturated carbocycles. The molecule has 6 nitrogen and oxygen atoms in total. The highest BCUT2D eigenvalue weighted by Crippen LogP contribution is 2.26. The Bertz CT molecular complexity index is 647. The monoisotopic (exact) mass is 352 g/mol. The first-order valence-corrected chi connectivity index (χ1v) is 8.30. The third kappa shape index (κ3) is 4.26. The second-order valence-electron chi connectivity index (χ2n) is 5.77. The van der Waals surface area contributed by atoms with E-state index in [9.17, 15) is 14.4 Å². The number of nitrogens with one attached hydrogen (secondary N) is 1. The maximum absolute atomic E-state index is 12.4. The lowest BCUT2D eigenvalue weighted by atomic mass is 10.1. The Hall–Kier alpha value is -2.08. The van der Waals surface area contributed by atoms with Crippen LogP contribution in [0.3, 0.4) is 0 Å². The highest BCUT2D eigenvalue weighted by molar-refractivity contribution is 6.33. The summed E-state index contributed by atoms with van der Waals surface area (Å²) in [5, 5.41) is 3.03. The summed E-state index contributed by atoms with van der Waals surface area (Å²) in [4.78, 5) is 37.7. The minimum Gasteiger partial charge on any atom is -0.465 e. The van der Waals surface area contributed by atoms with Crippen molar-refractivity contribution in [3.8, 4) is 0 Å². The van der Waals surface area contributed by atoms with Gasteiger partial charge in [0, 0.05) is 19.5 Å². The van der Waals surface area contributed by atoms with Crippen LogP contribution in [0.1, 0.15) is 36.5 Å². The van der Waals surface area contributed by atoms with Gasteiger partial charge in [-0.05, 0) is 24.6 Å². The second kappa shape index (κ2) is 8.15. The molecule has 1 saturated heterocycles. The molecule has 1 aliphatic rings. The summed E-state index contributed by atoms with van der Waals surface area (Å²) in [6.45, 7) is 3.15. The number of benzene rings is 1. The van der Waals surface area contributed by atoms with Crippen molar-refractivity contribution < 1.29 is 19.1 Å². The molecule has 1 atom stereocenters. The average molecular weight is 353 g/mol. The summed E-state index contributed by atoms with van der Waals surface area (Å²) in [5.74, 6) is -1.19. The smallest absolute Gasteiger partial charge is 0.337 e. The van der Waals surface area contributed by atoms with Crippen LogP contribution in [0.15, 0.2) is 18.2 Å². The lowest BCUT2D eigenvalue weighted by molar-refractivity contribution is -0.128. The zero-order valence-electron chi connectivity index (χ0n) is 13.8. The molecule has 1 aliphatic heterocycles. The van der Waals surface area contributed by atoms with Crippen LogP contribution in [-0.2, 0) is 14.3 Å². The molecular weight excluding hydrogens is 332 g/mol. The number of hydrogen-bond donors (Lipinski definition) is 1. The Morgan fingerprint density at radius 3 is 2.83 bits per heavy atom. The number of likely N-dealkylation sites (tertiary alicyclic amines) is 1. The van der Waals surface area contributed by atoms with Crippen molar-refractivity contribution in [2.45, 2.75) is 26.2 Å². The van der Waals surface area contributed by atoms with Crippen LogP contribution in [-0.4, -0.2) is 42.9 Å². The Morgan fingerprint density at radius 1 is 1.42 bits per heavy atom. The van der Waals surface area contributed by atoms with Crippen molar-refractivity contribution in [2.75, 3.05) is 25.5 Å². The van der Waals surface area contributed by atoms with Gasteiger partial charge in [-0.2, -0.15) is 0 Å². The Kier molecular flexibility index (Phi) is 6.20. The van der Waals surface area contributed by atoms with Gasteiger partial charge in [0.1, 0.15) is 0 Å². The van der Waals surface area contributed by atoms with E-state index in [0.717, 1.165) is 12.8 Å². The molecular formula is C17H21ClN2O4. The lowest BCUT2D eigenvalue weighted by Gasteiger charge is -2.16. The SMILES string of the molecule is CCCCN1CC(C(=O)Nc2cc(C(=O)OC)ccc2Cl)CC1=O. The van der Waals surface area contributed by atoms with Crippen LogP contribution in [0.25, 0.3) is 0 Å². The van der Waals surface area contributed by atoms with E-state index in [1.54, 1.807) is 4.90 Å². The third-order valence-electron chi connectivity index (χ3n) is 4.01. The molecule has 2 rings (SSSR count). The number of anilines is 1. The topological polar surface area (TPSA) is 75.7 Å². The molecule has 0 aromatic heterocycles. The number of nitrogens with zero attached hydrogens (tertiary/aromatic N) is 1. The molecule has 1 N–H and O–H groups in total. The maximum atomic E-state index is 12.4. The Morgan fingerprint density at radius 2 is 2.17 bits per heavy atom. The number of methoxy groups -OCH3 is 1. The number of amides is 2. The van der Waals surface area contributed by atoms with E-state index >= 15 is 0 Å². The number of halogens is 1. The van der Waals surface area contributed by atoms with Gasteiger partial charge in [0.2, 0.25) is 11.8 Å². The number of unbranched alkanes of at least 4 members (excludes halogenated alkanes) is 1. The third-order valence-corrected chi connectivity index (χ3v) is 4.34. The van der Waals surface area contributed by atoms with E-state index in [1.165, 1.54) is 25.3 Å². The van der Waals surface area contributed by atoms with Gasteiger partial charge in [0.05, 0.1) is 29.3 Å². The molecule has 0 aliphatic carbocycles. The standard InChI is InChI=1S/C17H21ClN2O4/c1-3-4-7-20-10-12(9-15(20)21)16(22)19-14-8-11(17(23)24-2)5-6-13(14)18/h5-6,8,12H,3-4,7,9-10H2,1-2H3,(H,19,22). The average Bonchev–Trinajstić information content (AvgIpc) is 2.95. The minimum atomic E-state index is -0.510. The van der Waals surface area contributed by atoms with Crippen molar-refractivity contribution >= 4 is 35.1 Å². The number of carbonyl (C=O) groups excluding carboxylic acids is 3. The molecule has 7 heteroatoms. The zero-order chi connectivity index (χ0) is 17.7. The number of hydrogen-bond acceptors (Lipinski definition) is 4. The minimum absolute atomic E-state index is 0.00184. The summed E-state index contributed by atoms with van der Waals surface area (Å²) in [6.07, 6.45) is 2.12. The highest BCUT2D eigenvalue weighted by atomic mass is 35.5. The molecule has 24 heavy (non-hydrogen) atoms. The summed E-state index contributed by atoms with van der Waals surface area (Å²) in [6, 6.07) is 4.52. The summed E-state index contributed by atoms with van der Waals surface area (Å²) < 4.78 is 4.66. The van der Waals surface area contributed by atoms with Crippen molar-refractivity contribution in [2.24, 2.45) is 5.92 Å². The van der Waals surface area contributed by atoms with E-state index in [4.69, 9.17) is 11.6 Å². The normalized spacial score (nSPS) is 17.0. The van der Waals surface area contributed by atoms with Crippen molar-refractivity contribution in [3.63, 3.8) is 0 Å². The molecule has 1 unspecified atom stereocenters. The van der Waals surface area contributed by atoms with Gasteiger partial charge >= 0.3 is 5.97 Å². The van der Waals surface area contributed by atoms with Gasteiger partial charge < -0.3 is 15.0 Å². The molecule has 2 amide bonds. The molecule has 1 fully saturated rings. The fourth-order valence-electron chi connectivity index (χ4n) is 2.61. The fraction of sp³-hybridized carbons (Fsp3) is 0.471. The van der Waals surface area contributed by atoms with Crippen molar-refractivity contribution in [1.82, 2.24) is 4.90 Å². The first-order valence-electron chi connectivity index (χ1n) is 7.92. The van der Waals surface area contributed by atoms with Crippen LogP contribution >= 0.6 is 11.6 Å². The second-order valence-corrected chi connectivity index (χ2v) is 6.18. The predicted octanol–water partition coefficient (Wildman–Crippen LogP) is 2.71. The molecule has 1 heterocycles. The van der Waals surface area contributed by atoms with Gasteiger partial charge in [0.25, 0.3) is 0 Å². The predicted molar refractivity (Wildman–Crippen MR) is 91.0 cm³/mol. The van der Waals surface area contributed by atoms with Gasteiger partial charge in [-0.3, -0.25) is 9.59 Å². The molecule has 1 aromatic rings. The number of rotatable bonds is 6. The first-order chi connectivity index (χ1) is 11.5.